The summed E-state index contributed by atoms with van der Waals surface area (Å²) < 4.78 is 11.0. The number of carbonyl (C=O) groups is 2. The van der Waals surface area contributed by atoms with Crippen LogP contribution in [0.2, 0.25) is 0 Å². The average molecular weight is 387 g/mol. The van der Waals surface area contributed by atoms with E-state index in [1.807, 2.05) is 54.6 Å². The van der Waals surface area contributed by atoms with Gasteiger partial charge in [-0.15, -0.1) is 0 Å². The van der Waals surface area contributed by atoms with E-state index in [0.29, 0.717) is 23.6 Å². The molecule has 0 saturated heterocycles. The first-order valence-corrected chi connectivity index (χ1v) is 9.59. The van der Waals surface area contributed by atoms with Gasteiger partial charge >= 0.3 is 5.97 Å². The van der Waals surface area contributed by atoms with E-state index in [0.717, 1.165) is 24.1 Å². The molecule has 1 aliphatic rings. The molecule has 0 fully saturated rings. The highest BCUT2D eigenvalue weighted by Gasteiger charge is 2.23. The molecule has 0 spiro atoms. The van der Waals surface area contributed by atoms with Crippen molar-refractivity contribution >= 4 is 17.6 Å². The van der Waals surface area contributed by atoms with E-state index in [4.69, 9.17) is 9.47 Å². The van der Waals surface area contributed by atoms with Crippen molar-refractivity contribution in [3.63, 3.8) is 0 Å². The molecule has 146 valence electrons. The van der Waals surface area contributed by atoms with Crippen molar-refractivity contribution in [1.82, 2.24) is 0 Å². The first-order valence-electron chi connectivity index (χ1n) is 9.59. The summed E-state index contributed by atoms with van der Waals surface area (Å²) in [5, 5.41) is 0. The van der Waals surface area contributed by atoms with Crippen LogP contribution >= 0.6 is 0 Å². The molecule has 1 amide bonds. The lowest BCUT2D eigenvalue weighted by molar-refractivity contribution is -0.121. The second-order valence-electron chi connectivity index (χ2n) is 6.80. The molecule has 0 atom stereocenters. The van der Waals surface area contributed by atoms with Crippen LogP contribution in [0, 0.1) is 0 Å². The third kappa shape index (κ3) is 4.46. The van der Waals surface area contributed by atoms with Gasteiger partial charge in [-0.05, 0) is 54.8 Å². The molecule has 0 N–H and O–H groups in total. The number of ether oxygens (including phenoxy) is 2. The Labute approximate surface area is 169 Å². The van der Waals surface area contributed by atoms with Crippen LogP contribution < -0.4 is 9.64 Å². The quantitative estimate of drug-likeness (QED) is 0.600. The van der Waals surface area contributed by atoms with Crippen molar-refractivity contribution in [2.45, 2.75) is 12.8 Å². The van der Waals surface area contributed by atoms with Gasteiger partial charge in [0.15, 0.2) is 6.61 Å². The zero-order chi connectivity index (χ0) is 20.1. The van der Waals surface area contributed by atoms with Crippen LogP contribution in [0.1, 0.15) is 22.3 Å². The van der Waals surface area contributed by atoms with Crippen LogP contribution in [0.25, 0.3) is 0 Å². The lowest BCUT2D eigenvalue weighted by atomic mass is 10.0. The van der Waals surface area contributed by atoms with E-state index >= 15 is 0 Å². The van der Waals surface area contributed by atoms with Crippen LogP contribution in [0.3, 0.4) is 0 Å². The Kier molecular flexibility index (Phi) is 5.56. The number of benzene rings is 3. The minimum absolute atomic E-state index is 0.220. The molecule has 29 heavy (non-hydrogen) atoms. The van der Waals surface area contributed by atoms with Crippen molar-refractivity contribution < 1.29 is 19.1 Å². The smallest absolute Gasteiger partial charge is 0.338 e. The molecular weight excluding hydrogens is 366 g/mol. The highest BCUT2D eigenvalue weighted by molar-refractivity contribution is 5.98. The SMILES string of the molecule is O=C(OCC(=O)N1CCCc2ccccc21)c1cccc(Oc2ccccc2)c1. The number of carbonyl (C=O) groups excluding carboxylic acids is 2. The first kappa shape index (κ1) is 18.7. The molecule has 3 aromatic carbocycles. The number of nitrogens with zero attached hydrogens (tertiary/aromatic N) is 1. The van der Waals surface area contributed by atoms with Gasteiger partial charge in [0.1, 0.15) is 11.5 Å². The fraction of sp³-hybridized carbons (Fsp3) is 0.167. The number of para-hydroxylation sites is 2. The van der Waals surface area contributed by atoms with Crippen LogP contribution in [0.5, 0.6) is 11.5 Å². The van der Waals surface area contributed by atoms with Gasteiger partial charge in [-0.25, -0.2) is 4.79 Å². The second-order valence-corrected chi connectivity index (χ2v) is 6.80. The number of aryl methyl sites for hydroxylation is 1. The summed E-state index contributed by atoms with van der Waals surface area (Å²) in [4.78, 5) is 26.8. The molecule has 0 unspecified atom stereocenters. The van der Waals surface area contributed by atoms with E-state index in [2.05, 4.69) is 0 Å². The molecule has 0 aromatic heterocycles. The Bertz CT molecular complexity index is 1020. The Balaban J connectivity index is 1.39. The molecule has 3 aromatic rings. The Morgan fingerprint density at radius 1 is 0.862 bits per heavy atom. The number of rotatable bonds is 5. The fourth-order valence-electron chi connectivity index (χ4n) is 3.39. The molecule has 5 heteroatoms. The molecule has 0 radical (unpaired) electrons. The van der Waals surface area contributed by atoms with Gasteiger partial charge in [-0.3, -0.25) is 4.79 Å². The van der Waals surface area contributed by atoms with Crippen molar-refractivity contribution in [2.75, 3.05) is 18.1 Å². The summed E-state index contributed by atoms with van der Waals surface area (Å²) in [5.74, 6) is 0.434. The van der Waals surface area contributed by atoms with E-state index in [1.165, 1.54) is 0 Å². The van der Waals surface area contributed by atoms with Crippen LogP contribution in [0.15, 0.2) is 78.9 Å². The summed E-state index contributed by atoms with van der Waals surface area (Å²) in [6.07, 6.45) is 1.85. The maximum absolute atomic E-state index is 12.6. The van der Waals surface area contributed by atoms with Crippen LogP contribution in [0.4, 0.5) is 5.69 Å². The van der Waals surface area contributed by atoms with Gasteiger partial charge < -0.3 is 14.4 Å². The lowest BCUT2D eigenvalue weighted by Crippen LogP contribution is -2.38. The molecule has 0 aliphatic carbocycles. The van der Waals surface area contributed by atoms with Crippen molar-refractivity contribution in [3.05, 3.63) is 90.0 Å². The van der Waals surface area contributed by atoms with Crippen molar-refractivity contribution in [2.24, 2.45) is 0 Å². The average Bonchev–Trinajstić information content (AvgIpc) is 2.77. The van der Waals surface area contributed by atoms with E-state index in [9.17, 15) is 9.59 Å². The third-order valence-electron chi connectivity index (χ3n) is 4.79. The summed E-state index contributed by atoms with van der Waals surface area (Å²) in [5.41, 5.74) is 2.38. The number of amides is 1. The number of anilines is 1. The predicted octanol–water partition coefficient (Wildman–Crippen LogP) is 4.62. The Hall–Kier alpha value is -3.60. The molecule has 4 rings (SSSR count). The summed E-state index contributed by atoms with van der Waals surface area (Å²) in [6.45, 7) is 0.338. The van der Waals surface area contributed by atoms with Gasteiger partial charge in [0.05, 0.1) is 5.56 Å². The highest BCUT2D eigenvalue weighted by atomic mass is 16.5. The van der Waals surface area contributed by atoms with E-state index < -0.39 is 5.97 Å². The molecule has 0 saturated carbocycles. The molecule has 1 aliphatic heterocycles. The summed E-state index contributed by atoms with van der Waals surface area (Å²) >= 11 is 0. The third-order valence-corrected chi connectivity index (χ3v) is 4.79. The zero-order valence-corrected chi connectivity index (χ0v) is 15.9. The lowest BCUT2D eigenvalue weighted by Gasteiger charge is -2.29. The number of hydrogen-bond donors (Lipinski definition) is 0. The van der Waals surface area contributed by atoms with Gasteiger partial charge in [-0.1, -0.05) is 42.5 Å². The highest BCUT2D eigenvalue weighted by Crippen LogP contribution is 2.27. The normalized spacial score (nSPS) is 12.8. The fourth-order valence-corrected chi connectivity index (χ4v) is 3.39. The van der Waals surface area contributed by atoms with Crippen molar-refractivity contribution in [3.8, 4) is 11.5 Å². The van der Waals surface area contributed by atoms with E-state index in [1.54, 1.807) is 29.2 Å². The van der Waals surface area contributed by atoms with Gasteiger partial charge in [0, 0.05) is 12.2 Å². The standard InChI is InChI=1S/C24H21NO4/c26-23(25-15-7-10-18-8-4-5-14-22(18)25)17-28-24(27)19-9-6-13-21(16-19)29-20-11-2-1-3-12-20/h1-6,8-9,11-14,16H,7,10,15,17H2. The van der Waals surface area contributed by atoms with E-state index in [-0.39, 0.29) is 12.5 Å². The number of hydrogen-bond acceptors (Lipinski definition) is 4. The minimum Gasteiger partial charge on any atom is -0.457 e. The summed E-state index contributed by atoms with van der Waals surface area (Å²) in [7, 11) is 0. The van der Waals surface area contributed by atoms with Crippen LogP contribution in [-0.2, 0) is 16.0 Å². The Morgan fingerprint density at radius 3 is 2.48 bits per heavy atom. The van der Waals surface area contributed by atoms with Gasteiger partial charge in [-0.2, -0.15) is 0 Å². The van der Waals surface area contributed by atoms with Gasteiger partial charge in [0.25, 0.3) is 5.91 Å². The van der Waals surface area contributed by atoms with Gasteiger partial charge in [0.2, 0.25) is 0 Å². The predicted molar refractivity (Wildman–Crippen MR) is 110 cm³/mol. The first-order chi connectivity index (χ1) is 14.2. The maximum Gasteiger partial charge on any atom is 0.338 e. The minimum atomic E-state index is -0.554. The number of esters is 1. The molecular formula is C24H21NO4. The van der Waals surface area contributed by atoms with Crippen molar-refractivity contribution in [1.29, 1.82) is 0 Å². The maximum atomic E-state index is 12.6. The second kappa shape index (κ2) is 8.61. The Morgan fingerprint density at radius 2 is 1.62 bits per heavy atom. The monoisotopic (exact) mass is 387 g/mol. The molecule has 0 bridgehead atoms. The number of fused-ring (bicyclic) bond motifs is 1. The molecule has 5 nitrogen and oxygen atoms in total. The summed E-state index contributed by atoms with van der Waals surface area (Å²) in [6, 6.07) is 23.9. The van der Waals surface area contributed by atoms with Crippen LogP contribution in [-0.4, -0.2) is 25.0 Å². The topological polar surface area (TPSA) is 55.8 Å². The largest absolute Gasteiger partial charge is 0.457 e. The zero-order valence-electron chi connectivity index (χ0n) is 15.9. The molecule has 1 heterocycles.